The fraction of sp³-hybridized carbons (Fsp3) is 0.0714. The summed E-state index contributed by atoms with van der Waals surface area (Å²) in [5.74, 6) is -0.391. The van der Waals surface area contributed by atoms with Crippen molar-refractivity contribution in [1.29, 1.82) is 0 Å². The normalized spacial score (nSPS) is 10.1. The quantitative estimate of drug-likeness (QED) is 0.515. The van der Waals surface area contributed by atoms with Crippen LogP contribution in [0.1, 0.15) is 15.9 Å². The van der Waals surface area contributed by atoms with Crippen molar-refractivity contribution in [3.8, 4) is 0 Å². The lowest BCUT2D eigenvalue weighted by Crippen LogP contribution is -2.23. The van der Waals surface area contributed by atoms with Crippen molar-refractivity contribution in [3.05, 3.63) is 68.7 Å². The van der Waals surface area contributed by atoms with Crippen LogP contribution < -0.4 is 11.1 Å². The van der Waals surface area contributed by atoms with Crippen LogP contribution in [-0.2, 0) is 6.54 Å². The first-order valence-corrected chi connectivity index (χ1v) is 6.42. The molecule has 0 aliphatic rings. The van der Waals surface area contributed by atoms with Gasteiger partial charge in [-0.1, -0.05) is 23.7 Å². The van der Waals surface area contributed by atoms with Gasteiger partial charge >= 0.3 is 0 Å². The third kappa shape index (κ3) is 3.70. The number of carbonyl (C=O) groups is 1. The Morgan fingerprint density at radius 1 is 1.24 bits per heavy atom. The first-order chi connectivity index (χ1) is 9.97. The summed E-state index contributed by atoms with van der Waals surface area (Å²) in [7, 11) is 0. The van der Waals surface area contributed by atoms with E-state index in [2.05, 4.69) is 5.32 Å². The lowest BCUT2D eigenvalue weighted by atomic mass is 10.1. The van der Waals surface area contributed by atoms with E-state index in [4.69, 9.17) is 17.3 Å². The van der Waals surface area contributed by atoms with Crippen molar-refractivity contribution in [3.63, 3.8) is 0 Å². The summed E-state index contributed by atoms with van der Waals surface area (Å²) in [6.07, 6.45) is 0. The van der Waals surface area contributed by atoms with Gasteiger partial charge in [-0.25, -0.2) is 0 Å². The van der Waals surface area contributed by atoms with Crippen LogP contribution in [0.5, 0.6) is 0 Å². The average Bonchev–Trinajstić information content (AvgIpc) is 2.46. The number of rotatable bonds is 4. The molecule has 2 aromatic carbocycles. The summed E-state index contributed by atoms with van der Waals surface area (Å²) in [6, 6.07) is 10.8. The highest BCUT2D eigenvalue weighted by atomic mass is 35.5. The Kier molecular flexibility index (Phi) is 4.39. The largest absolute Gasteiger partial charge is 0.398 e. The molecule has 0 aromatic heterocycles. The molecule has 0 heterocycles. The minimum atomic E-state index is -0.564. The number of nitro groups is 1. The lowest BCUT2D eigenvalue weighted by molar-refractivity contribution is -0.384. The third-order valence-corrected chi connectivity index (χ3v) is 3.11. The number of carbonyl (C=O) groups excluding carboxylic acids is 1. The standard InChI is InChI=1S/C14H12ClN3O3/c15-10-3-1-9(2-4-10)8-17-14(19)12-6-5-11(18(20)21)7-13(12)16/h1-7H,8,16H2,(H,17,19). The summed E-state index contributed by atoms with van der Waals surface area (Å²) >= 11 is 5.77. The topological polar surface area (TPSA) is 98.3 Å². The average molecular weight is 306 g/mol. The molecule has 0 atom stereocenters. The molecule has 1 amide bonds. The molecule has 0 saturated carbocycles. The highest BCUT2D eigenvalue weighted by Crippen LogP contribution is 2.19. The Balaban J connectivity index is 2.06. The number of hydrogen-bond acceptors (Lipinski definition) is 4. The highest BCUT2D eigenvalue weighted by molar-refractivity contribution is 6.30. The number of non-ortho nitro benzene ring substituents is 1. The molecule has 0 aliphatic heterocycles. The van der Waals surface area contributed by atoms with Crippen molar-refractivity contribution >= 4 is 28.9 Å². The molecule has 0 spiro atoms. The van der Waals surface area contributed by atoms with Gasteiger partial charge in [-0.15, -0.1) is 0 Å². The number of nitrogens with zero attached hydrogens (tertiary/aromatic N) is 1. The maximum Gasteiger partial charge on any atom is 0.271 e. The van der Waals surface area contributed by atoms with Gasteiger partial charge in [0.1, 0.15) is 0 Å². The number of nitrogens with two attached hydrogens (primary N) is 1. The fourth-order valence-electron chi connectivity index (χ4n) is 1.75. The molecule has 0 saturated heterocycles. The second kappa shape index (κ2) is 6.23. The van der Waals surface area contributed by atoms with Crippen LogP contribution in [0.2, 0.25) is 5.02 Å². The first kappa shape index (κ1) is 14.8. The van der Waals surface area contributed by atoms with E-state index in [0.29, 0.717) is 11.6 Å². The number of anilines is 1. The van der Waals surface area contributed by atoms with Crippen LogP contribution in [0, 0.1) is 10.1 Å². The molecule has 108 valence electrons. The number of nitrogen functional groups attached to an aromatic ring is 1. The van der Waals surface area contributed by atoms with Crippen LogP contribution in [0.25, 0.3) is 0 Å². The van der Waals surface area contributed by atoms with Gasteiger partial charge in [0.05, 0.1) is 16.2 Å². The molecule has 21 heavy (non-hydrogen) atoms. The molecule has 0 unspecified atom stereocenters. The van der Waals surface area contributed by atoms with Crippen molar-refractivity contribution < 1.29 is 9.72 Å². The Labute approximate surface area is 125 Å². The van der Waals surface area contributed by atoms with Gasteiger partial charge in [-0.2, -0.15) is 0 Å². The number of nitrogens with one attached hydrogen (secondary N) is 1. The predicted molar refractivity (Wildman–Crippen MR) is 80.1 cm³/mol. The number of halogens is 1. The van der Waals surface area contributed by atoms with Gasteiger partial charge in [-0.3, -0.25) is 14.9 Å². The summed E-state index contributed by atoms with van der Waals surface area (Å²) in [5, 5.41) is 13.9. The molecule has 2 aromatic rings. The van der Waals surface area contributed by atoms with Gasteiger partial charge in [0, 0.05) is 23.7 Å². The van der Waals surface area contributed by atoms with Crippen LogP contribution in [0.4, 0.5) is 11.4 Å². The van der Waals surface area contributed by atoms with Crippen molar-refractivity contribution in [2.45, 2.75) is 6.54 Å². The monoisotopic (exact) mass is 305 g/mol. The smallest absolute Gasteiger partial charge is 0.271 e. The molecule has 7 heteroatoms. The zero-order valence-corrected chi connectivity index (χ0v) is 11.6. The van der Waals surface area contributed by atoms with Gasteiger partial charge in [0.2, 0.25) is 0 Å². The predicted octanol–water partition coefficient (Wildman–Crippen LogP) is 2.76. The molecular weight excluding hydrogens is 294 g/mol. The summed E-state index contributed by atoms with van der Waals surface area (Å²) in [4.78, 5) is 22.0. The van der Waals surface area contributed by atoms with E-state index >= 15 is 0 Å². The fourth-order valence-corrected chi connectivity index (χ4v) is 1.88. The number of nitro benzene ring substituents is 1. The minimum absolute atomic E-state index is 0.0674. The van der Waals surface area contributed by atoms with E-state index < -0.39 is 10.8 Å². The molecule has 0 radical (unpaired) electrons. The van der Waals surface area contributed by atoms with E-state index in [9.17, 15) is 14.9 Å². The molecule has 0 fully saturated rings. The molecule has 0 bridgehead atoms. The number of amides is 1. The SMILES string of the molecule is Nc1cc([N+](=O)[O-])ccc1C(=O)NCc1ccc(Cl)cc1. The Morgan fingerprint density at radius 3 is 2.48 bits per heavy atom. The van der Waals surface area contributed by atoms with Crippen molar-refractivity contribution in [1.82, 2.24) is 5.32 Å². The number of benzene rings is 2. The van der Waals surface area contributed by atoms with Crippen molar-refractivity contribution in [2.24, 2.45) is 0 Å². The zero-order chi connectivity index (χ0) is 15.4. The van der Waals surface area contributed by atoms with Gasteiger partial charge in [0.25, 0.3) is 11.6 Å². The van der Waals surface area contributed by atoms with E-state index in [1.165, 1.54) is 12.1 Å². The zero-order valence-electron chi connectivity index (χ0n) is 10.9. The Bertz CT molecular complexity index is 686. The summed E-state index contributed by atoms with van der Waals surface area (Å²) in [5.41, 5.74) is 6.67. The summed E-state index contributed by atoms with van der Waals surface area (Å²) < 4.78 is 0. The van der Waals surface area contributed by atoms with E-state index in [1.807, 2.05) is 0 Å². The van der Waals surface area contributed by atoms with Crippen LogP contribution in [0.3, 0.4) is 0 Å². The lowest BCUT2D eigenvalue weighted by Gasteiger charge is -2.07. The molecule has 0 aliphatic carbocycles. The van der Waals surface area contributed by atoms with Gasteiger partial charge in [0.15, 0.2) is 0 Å². The van der Waals surface area contributed by atoms with Crippen LogP contribution in [-0.4, -0.2) is 10.8 Å². The maximum absolute atomic E-state index is 12.0. The highest BCUT2D eigenvalue weighted by Gasteiger charge is 2.13. The second-order valence-electron chi connectivity index (χ2n) is 4.34. The molecule has 2 rings (SSSR count). The van der Waals surface area contributed by atoms with Crippen LogP contribution >= 0.6 is 11.6 Å². The van der Waals surface area contributed by atoms with Crippen molar-refractivity contribution in [2.75, 3.05) is 5.73 Å². The minimum Gasteiger partial charge on any atom is -0.398 e. The van der Waals surface area contributed by atoms with E-state index in [0.717, 1.165) is 11.6 Å². The second-order valence-corrected chi connectivity index (χ2v) is 4.77. The van der Waals surface area contributed by atoms with Gasteiger partial charge < -0.3 is 11.1 Å². The molecule has 3 N–H and O–H groups in total. The molecule has 6 nitrogen and oxygen atoms in total. The first-order valence-electron chi connectivity index (χ1n) is 6.04. The van der Waals surface area contributed by atoms with E-state index in [-0.39, 0.29) is 16.9 Å². The maximum atomic E-state index is 12.0. The number of hydrogen-bond donors (Lipinski definition) is 2. The third-order valence-electron chi connectivity index (χ3n) is 2.86. The van der Waals surface area contributed by atoms with Gasteiger partial charge in [-0.05, 0) is 23.8 Å². The summed E-state index contributed by atoms with van der Waals surface area (Å²) in [6.45, 7) is 0.312. The molecular formula is C14H12ClN3O3. The Morgan fingerprint density at radius 2 is 1.90 bits per heavy atom. The van der Waals surface area contributed by atoms with Crippen LogP contribution in [0.15, 0.2) is 42.5 Å². The Hall–Kier alpha value is -2.60. The van der Waals surface area contributed by atoms with E-state index in [1.54, 1.807) is 24.3 Å².